The zero-order valence-corrected chi connectivity index (χ0v) is 18.6. The molecule has 1 aromatic heterocycles. The molecular weight excluding hydrogens is 392 g/mol. The number of halogens is 1. The SMILES string of the molecule is CC(C)CN(C)c1nc(N2C[C@H](N)C[C@H](N)C2)nc(N2C[C@H](N)C[C@H](N)C2)n1.Cl. The lowest BCUT2D eigenvalue weighted by molar-refractivity contribution is 0.440. The molecule has 3 heterocycles. The van der Waals surface area contributed by atoms with Gasteiger partial charge in [0.1, 0.15) is 0 Å². The Hall–Kier alpha value is -1.46. The van der Waals surface area contributed by atoms with E-state index in [1.165, 1.54) is 0 Å². The number of aromatic nitrogens is 3. The average Bonchev–Trinajstić information content (AvgIpc) is 2.59. The second-order valence-corrected chi connectivity index (χ2v) is 8.83. The van der Waals surface area contributed by atoms with Gasteiger partial charge < -0.3 is 37.6 Å². The maximum atomic E-state index is 6.19. The van der Waals surface area contributed by atoms with E-state index >= 15 is 0 Å². The van der Waals surface area contributed by atoms with Crippen LogP contribution in [0.15, 0.2) is 0 Å². The van der Waals surface area contributed by atoms with Crippen LogP contribution in [-0.4, -0.2) is 78.9 Å². The Morgan fingerprint density at radius 2 is 1.21 bits per heavy atom. The van der Waals surface area contributed by atoms with Gasteiger partial charge in [0.25, 0.3) is 0 Å². The monoisotopic (exact) mass is 428 g/mol. The Morgan fingerprint density at radius 3 is 1.55 bits per heavy atom. The normalized spacial score (nSPS) is 27.7. The van der Waals surface area contributed by atoms with E-state index in [0.717, 1.165) is 19.4 Å². The zero-order chi connectivity index (χ0) is 20.4. The highest BCUT2D eigenvalue weighted by Gasteiger charge is 2.29. The third-order valence-corrected chi connectivity index (χ3v) is 5.18. The zero-order valence-electron chi connectivity index (χ0n) is 17.7. The van der Waals surface area contributed by atoms with E-state index in [-0.39, 0.29) is 36.6 Å². The predicted octanol–water partition coefficient (Wildman–Crippen LogP) is -0.885. The first-order valence-corrected chi connectivity index (χ1v) is 10.2. The van der Waals surface area contributed by atoms with Crippen LogP contribution in [0.3, 0.4) is 0 Å². The van der Waals surface area contributed by atoms with Crippen LogP contribution in [0.2, 0.25) is 0 Å². The lowest BCUT2D eigenvalue weighted by atomic mass is 10.0. The van der Waals surface area contributed by atoms with Crippen molar-refractivity contribution in [2.75, 3.05) is 54.5 Å². The summed E-state index contributed by atoms with van der Waals surface area (Å²) >= 11 is 0. The predicted molar refractivity (Wildman–Crippen MR) is 121 cm³/mol. The molecule has 8 N–H and O–H groups in total. The summed E-state index contributed by atoms with van der Waals surface area (Å²) in [7, 11) is 2.00. The van der Waals surface area contributed by atoms with Crippen LogP contribution in [0.4, 0.5) is 17.8 Å². The van der Waals surface area contributed by atoms with Crippen LogP contribution in [-0.2, 0) is 0 Å². The van der Waals surface area contributed by atoms with Crippen molar-refractivity contribution in [2.24, 2.45) is 28.9 Å². The number of nitrogens with two attached hydrogens (primary N) is 4. The lowest BCUT2D eigenvalue weighted by Crippen LogP contribution is -2.54. The second kappa shape index (κ2) is 10.0. The smallest absolute Gasteiger partial charge is 0.232 e. The van der Waals surface area contributed by atoms with Gasteiger partial charge in [0.2, 0.25) is 17.8 Å². The topological polar surface area (TPSA) is 152 Å². The average molecular weight is 429 g/mol. The summed E-state index contributed by atoms with van der Waals surface area (Å²) in [4.78, 5) is 20.4. The summed E-state index contributed by atoms with van der Waals surface area (Å²) < 4.78 is 0. The Morgan fingerprint density at radius 1 is 0.828 bits per heavy atom. The van der Waals surface area contributed by atoms with Crippen LogP contribution in [0.1, 0.15) is 26.7 Å². The highest BCUT2D eigenvalue weighted by molar-refractivity contribution is 5.85. The van der Waals surface area contributed by atoms with Gasteiger partial charge in [-0.2, -0.15) is 15.0 Å². The lowest BCUT2D eigenvalue weighted by Gasteiger charge is -2.37. The van der Waals surface area contributed by atoms with Crippen molar-refractivity contribution >= 4 is 30.3 Å². The highest BCUT2D eigenvalue weighted by atomic mass is 35.5. The Balaban J connectivity index is 0.00000300. The van der Waals surface area contributed by atoms with Crippen molar-refractivity contribution in [3.05, 3.63) is 0 Å². The van der Waals surface area contributed by atoms with Crippen molar-refractivity contribution in [1.82, 2.24) is 15.0 Å². The van der Waals surface area contributed by atoms with Crippen LogP contribution in [0.5, 0.6) is 0 Å². The molecule has 0 unspecified atom stereocenters. The molecule has 0 amide bonds. The summed E-state index contributed by atoms with van der Waals surface area (Å²) in [5.41, 5.74) is 24.7. The molecule has 11 heteroatoms. The Kier molecular flexibility index (Phi) is 8.24. The first kappa shape index (κ1) is 23.8. The number of anilines is 3. The molecule has 1 aromatic rings. The van der Waals surface area contributed by atoms with Crippen LogP contribution < -0.4 is 37.6 Å². The van der Waals surface area contributed by atoms with Gasteiger partial charge in [-0.1, -0.05) is 13.8 Å². The van der Waals surface area contributed by atoms with Crippen molar-refractivity contribution in [3.63, 3.8) is 0 Å². The Labute approximate surface area is 179 Å². The fourth-order valence-electron chi connectivity index (χ4n) is 4.11. The summed E-state index contributed by atoms with van der Waals surface area (Å²) in [6.45, 7) is 7.93. The van der Waals surface area contributed by atoms with Crippen LogP contribution >= 0.6 is 12.4 Å². The number of rotatable bonds is 5. The van der Waals surface area contributed by atoms with E-state index in [4.69, 9.17) is 37.9 Å². The van der Waals surface area contributed by atoms with Gasteiger partial charge in [0, 0.05) is 63.9 Å². The van der Waals surface area contributed by atoms with Crippen LogP contribution in [0.25, 0.3) is 0 Å². The molecular formula is C18H37ClN10. The van der Waals surface area contributed by atoms with Crippen molar-refractivity contribution < 1.29 is 0 Å². The fraction of sp³-hybridized carbons (Fsp3) is 0.833. The maximum Gasteiger partial charge on any atom is 0.232 e. The number of piperidine rings is 2. The standard InChI is InChI=1S/C18H36N10.ClH/c1-11(2)6-26(3)16-23-17(27-7-12(19)4-13(20)8-27)25-18(24-16)28-9-14(21)5-15(22)10-28;/h11-15H,4-10,19-22H2,1-3H3;1H/t12-,13+,14-,15+;. The molecule has 0 radical (unpaired) electrons. The molecule has 2 fully saturated rings. The largest absolute Gasteiger partial charge is 0.343 e. The van der Waals surface area contributed by atoms with Gasteiger partial charge in [0.05, 0.1) is 0 Å². The van der Waals surface area contributed by atoms with Crippen molar-refractivity contribution in [2.45, 2.75) is 50.9 Å². The third-order valence-electron chi connectivity index (χ3n) is 5.18. The van der Waals surface area contributed by atoms with Gasteiger partial charge in [-0.15, -0.1) is 12.4 Å². The fourth-order valence-corrected chi connectivity index (χ4v) is 4.11. The maximum absolute atomic E-state index is 6.19. The van der Waals surface area contributed by atoms with Crippen LogP contribution in [0, 0.1) is 5.92 Å². The third kappa shape index (κ3) is 6.26. The van der Waals surface area contributed by atoms with E-state index < -0.39 is 0 Å². The molecule has 2 saturated heterocycles. The number of nitrogens with zero attached hydrogens (tertiary/aromatic N) is 6. The minimum Gasteiger partial charge on any atom is -0.343 e. The quantitative estimate of drug-likeness (QED) is 0.464. The van der Waals surface area contributed by atoms with Gasteiger partial charge in [-0.3, -0.25) is 0 Å². The molecule has 2 aliphatic rings. The summed E-state index contributed by atoms with van der Waals surface area (Å²) in [6.07, 6.45) is 1.62. The van der Waals surface area contributed by atoms with E-state index in [2.05, 4.69) is 28.5 Å². The van der Waals surface area contributed by atoms with Gasteiger partial charge in [0.15, 0.2) is 0 Å². The number of hydrogen-bond acceptors (Lipinski definition) is 10. The van der Waals surface area contributed by atoms with Gasteiger partial charge in [-0.05, 0) is 18.8 Å². The summed E-state index contributed by atoms with van der Waals surface area (Å²) in [6, 6.07) is 0.0468. The molecule has 29 heavy (non-hydrogen) atoms. The van der Waals surface area contributed by atoms with E-state index in [1.54, 1.807) is 0 Å². The summed E-state index contributed by atoms with van der Waals surface area (Å²) in [5.74, 6) is 2.37. The number of hydrogen-bond donors (Lipinski definition) is 4. The minimum absolute atomic E-state index is 0. The molecule has 2 aliphatic heterocycles. The van der Waals surface area contributed by atoms with Gasteiger partial charge >= 0.3 is 0 Å². The Bertz CT molecular complexity index is 595. The minimum atomic E-state index is 0. The molecule has 0 aromatic carbocycles. The molecule has 0 spiro atoms. The van der Waals surface area contributed by atoms with E-state index in [1.807, 2.05) is 7.05 Å². The van der Waals surface area contributed by atoms with Gasteiger partial charge in [-0.25, -0.2) is 0 Å². The molecule has 0 saturated carbocycles. The molecule has 0 aliphatic carbocycles. The summed E-state index contributed by atoms with van der Waals surface area (Å²) in [5, 5.41) is 0. The van der Waals surface area contributed by atoms with Crippen molar-refractivity contribution in [1.29, 1.82) is 0 Å². The first-order valence-electron chi connectivity index (χ1n) is 10.2. The molecule has 10 nitrogen and oxygen atoms in total. The highest BCUT2D eigenvalue weighted by Crippen LogP contribution is 2.23. The first-order chi connectivity index (χ1) is 13.2. The van der Waals surface area contributed by atoms with Crippen molar-refractivity contribution in [3.8, 4) is 0 Å². The second-order valence-electron chi connectivity index (χ2n) is 8.83. The molecule has 3 rings (SSSR count). The molecule has 4 atom stereocenters. The molecule has 166 valence electrons. The van der Waals surface area contributed by atoms with E-state index in [9.17, 15) is 0 Å². The van der Waals surface area contributed by atoms with E-state index in [0.29, 0.717) is 49.9 Å². The molecule has 0 bridgehead atoms.